The minimum atomic E-state index is -0.850. The van der Waals surface area contributed by atoms with Gasteiger partial charge in [-0.15, -0.1) is 0 Å². The molecule has 0 spiro atoms. The number of nitrogens with one attached hydrogen (secondary N) is 1. The van der Waals surface area contributed by atoms with Crippen molar-refractivity contribution in [1.29, 1.82) is 0 Å². The molecule has 1 aromatic carbocycles. The van der Waals surface area contributed by atoms with Crippen molar-refractivity contribution in [2.45, 2.75) is 39.0 Å². The molecule has 5 heteroatoms. The molecule has 1 fully saturated rings. The third-order valence-corrected chi connectivity index (χ3v) is 4.20. The first-order chi connectivity index (χ1) is 10.5. The van der Waals surface area contributed by atoms with Crippen LogP contribution >= 0.6 is 0 Å². The Bertz CT molecular complexity index is 520. The monoisotopic (exact) mass is 305 g/mol. The van der Waals surface area contributed by atoms with E-state index in [0.717, 1.165) is 12.2 Å². The Hall–Kier alpha value is -2.04. The van der Waals surface area contributed by atoms with Gasteiger partial charge in [0.05, 0.1) is 12.0 Å². The molecule has 5 nitrogen and oxygen atoms in total. The summed E-state index contributed by atoms with van der Waals surface area (Å²) in [4.78, 5) is 23.0. The number of ether oxygens (including phenoxy) is 1. The van der Waals surface area contributed by atoms with Gasteiger partial charge in [0.25, 0.3) is 0 Å². The Morgan fingerprint density at radius 2 is 1.95 bits per heavy atom. The molecule has 2 N–H and O–H groups in total. The van der Waals surface area contributed by atoms with Gasteiger partial charge in [0.15, 0.2) is 0 Å². The summed E-state index contributed by atoms with van der Waals surface area (Å²) >= 11 is 0. The van der Waals surface area contributed by atoms with Crippen LogP contribution in [0.4, 0.5) is 0 Å². The van der Waals surface area contributed by atoms with Crippen LogP contribution in [0, 0.1) is 12.3 Å². The van der Waals surface area contributed by atoms with Crippen molar-refractivity contribution in [2.75, 3.05) is 13.2 Å². The highest BCUT2D eigenvalue weighted by atomic mass is 16.5. The van der Waals surface area contributed by atoms with Crippen LogP contribution in [0.2, 0.25) is 0 Å². The molecule has 0 unspecified atom stereocenters. The number of carbonyl (C=O) groups is 2. The maximum absolute atomic E-state index is 11.8. The Balaban J connectivity index is 1.61. The molecular formula is C17H23NO4. The molecule has 1 aliphatic rings. The molecule has 0 aromatic heterocycles. The van der Waals surface area contributed by atoms with Crippen LogP contribution in [-0.2, 0) is 9.59 Å². The lowest BCUT2D eigenvalue weighted by Crippen LogP contribution is -2.42. The summed E-state index contributed by atoms with van der Waals surface area (Å²) in [5.41, 5.74) is 0.366. The Kier molecular flexibility index (Phi) is 5.41. The lowest BCUT2D eigenvalue weighted by atomic mass is 9.66. The minimum absolute atomic E-state index is 0.0845. The highest BCUT2D eigenvalue weighted by molar-refractivity contribution is 5.85. The number of hydrogen-bond donors (Lipinski definition) is 2. The first-order valence-corrected chi connectivity index (χ1v) is 7.71. The number of hydrogen-bond acceptors (Lipinski definition) is 3. The predicted octanol–water partition coefficient (Wildman–Crippen LogP) is 2.53. The third kappa shape index (κ3) is 4.23. The molecule has 0 heterocycles. The van der Waals surface area contributed by atoms with E-state index in [9.17, 15) is 14.7 Å². The van der Waals surface area contributed by atoms with E-state index in [2.05, 4.69) is 5.32 Å². The highest BCUT2D eigenvalue weighted by Crippen LogP contribution is 2.44. The van der Waals surface area contributed by atoms with E-state index in [1.807, 2.05) is 31.2 Å². The van der Waals surface area contributed by atoms with Gasteiger partial charge < -0.3 is 15.2 Å². The maximum atomic E-state index is 11.8. The van der Waals surface area contributed by atoms with Gasteiger partial charge in [0, 0.05) is 13.0 Å². The van der Waals surface area contributed by atoms with Crippen molar-refractivity contribution in [1.82, 2.24) is 5.32 Å². The summed E-state index contributed by atoms with van der Waals surface area (Å²) in [6, 6.07) is 7.81. The largest absolute Gasteiger partial charge is 0.494 e. The van der Waals surface area contributed by atoms with Crippen LogP contribution in [0.1, 0.15) is 37.7 Å². The van der Waals surface area contributed by atoms with Gasteiger partial charge in [0.1, 0.15) is 5.75 Å². The number of rotatable bonds is 8. The van der Waals surface area contributed by atoms with E-state index in [-0.39, 0.29) is 12.3 Å². The van der Waals surface area contributed by atoms with Crippen LogP contribution in [0.3, 0.4) is 0 Å². The van der Waals surface area contributed by atoms with Gasteiger partial charge in [-0.2, -0.15) is 0 Å². The number of carboxylic acids is 1. The quantitative estimate of drug-likeness (QED) is 0.724. The molecular weight excluding hydrogens is 282 g/mol. The molecule has 120 valence electrons. The smallest absolute Gasteiger partial charge is 0.310 e. The van der Waals surface area contributed by atoms with E-state index in [4.69, 9.17) is 4.74 Å². The van der Waals surface area contributed by atoms with Gasteiger partial charge >= 0.3 is 5.97 Å². The van der Waals surface area contributed by atoms with E-state index in [0.29, 0.717) is 32.4 Å². The normalized spacial score (nSPS) is 15.7. The molecule has 1 aliphatic carbocycles. The Morgan fingerprint density at radius 1 is 1.27 bits per heavy atom. The molecule has 0 aliphatic heterocycles. The molecule has 1 amide bonds. The summed E-state index contributed by atoms with van der Waals surface area (Å²) in [7, 11) is 0. The number of carbonyl (C=O) groups excluding carboxylic acids is 1. The number of amides is 1. The van der Waals surface area contributed by atoms with Crippen molar-refractivity contribution >= 4 is 11.9 Å². The number of aryl methyl sites for hydroxylation is 1. The number of benzene rings is 1. The van der Waals surface area contributed by atoms with Crippen molar-refractivity contribution in [3.8, 4) is 5.75 Å². The zero-order valence-electron chi connectivity index (χ0n) is 12.9. The lowest BCUT2D eigenvalue weighted by Gasteiger charge is -2.36. The third-order valence-electron chi connectivity index (χ3n) is 4.20. The first-order valence-electron chi connectivity index (χ1n) is 7.71. The number of aliphatic carboxylic acids is 1. The molecule has 1 saturated carbocycles. The Labute approximate surface area is 130 Å². The molecule has 22 heavy (non-hydrogen) atoms. The fourth-order valence-electron chi connectivity index (χ4n) is 2.56. The maximum Gasteiger partial charge on any atom is 0.310 e. The average Bonchev–Trinajstić information content (AvgIpc) is 2.44. The standard InChI is InChI=1S/C17H23NO4/c1-13-4-6-14(7-5-13)22-11-3-10-18-15(19)12-17(16(20)21)8-2-9-17/h4-7H,2-3,8-12H2,1H3,(H,18,19)(H,20,21). The molecule has 0 radical (unpaired) electrons. The van der Waals surface area contributed by atoms with Crippen LogP contribution in [-0.4, -0.2) is 30.1 Å². The van der Waals surface area contributed by atoms with E-state index in [1.165, 1.54) is 5.56 Å². The number of carboxylic acid groups (broad SMARTS) is 1. The summed E-state index contributed by atoms with van der Waals surface area (Å²) in [5, 5.41) is 12.0. The second kappa shape index (κ2) is 7.29. The van der Waals surface area contributed by atoms with Gasteiger partial charge in [-0.1, -0.05) is 24.1 Å². The van der Waals surface area contributed by atoms with E-state index in [1.54, 1.807) is 0 Å². The minimum Gasteiger partial charge on any atom is -0.494 e. The van der Waals surface area contributed by atoms with Crippen LogP contribution < -0.4 is 10.1 Å². The molecule has 2 rings (SSSR count). The second-order valence-corrected chi connectivity index (χ2v) is 5.98. The van der Waals surface area contributed by atoms with E-state index < -0.39 is 11.4 Å². The molecule has 1 aromatic rings. The van der Waals surface area contributed by atoms with Crippen molar-refractivity contribution in [3.05, 3.63) is 29.8 Å². The van der Waals surface area contributed by atoms with Crippen LogP contribution in [0.15, 0.2) is 24.3 Å². The van der Waals surface area contributed by atoms with Gasteiger partial charge in [-0.3, -0.25) is 9.59 Å². The van der Waals surface area contributed by atoms with Crippen LogP contribution in [0.5, 0.6) is 5.75 Å². The second-order valence-electron chi connectivity index (χ2n) is 5.98. The SMILES string of the molecule is Cc1ccc(OCCCNC(=O)CC2(C(=O)O)CCC2)cc1. The fraction of sp³-hybridized carbons (Fsp3) is 0.529. The summed E-state index contributed by atoms with van der Waals surface area (Å²) in [6.45, 7) is 3.04. The van der Waals surface area contributed by atoms with Crippen molar-refractivity contribution in [3.63, 3.8) is 0 Å². The van der Waals surface area contributed by atoms with E-state index >= 15 is 0 Å². The first kappa shape index (κ1) is 16.3. The topological polar surface area (TPSA) is 75.6 Å². The van der Waals surface area contributed by atoms with Crippen molar-refractivity contribution < 1.29 is 19.4 Å². The highest BCUT2D eigenvalue weighted by Gasteiger charge is 2.45. The summed E-state index contributed by atoms with van der Waals surface area (Å²) in [6.07, 6.45) is 2.88. The zero-order chi connectivity index (χ0) is 16.0. The zero-order valence-corrected chi connectivity index (χ0v) is 12.9. The average molecular weight is 305 g/mol. The molecule has 0 bridgehead atoms. The summed E-state index contributed by atoms with van der Waals surface area (Å²) in [5.74, 6) is -0.217. The lowest BCUT2D eigenvalue weighted by molar-refractivity contribution is -0.157. The predicted molar refractivity (Wildman–Crippen MR) is 82.8 cm³/mol. The Morgan fingerprint density at radius 3 is 2.50 bits per heavy atom. The summed E-state index contributed by atoms with van der Waals surface area (Å²) < 4.78 is 5.57. The fourth-order valence-corrected chi connectivity index (χ4v) is 2.56. The van der Waals surface area contributed by atoms with Gasteiger partial charge in [0.2, 0.25) is 5.91 Å². The van der Waals surface area contributed by atoms with Gasteiger partial charge in [-0.25, -0.2) is 0 Å². The molecule has 0 atom stereocenters. The van der Waals surface area contributed by atoms with Crippen LogP contribution in [0.25, 0.3) is 0 Å². The molecule has 0 saturated heterocycles. The van der Waals surface area contributed by atoms with Gasteiger partial charge in [-0.05, 0) is 38.3 Å². The van der Waals surface area contributed by atoms with Crippen molar-refractivity contribution in [2.24, 2.45) is 5.41 Å².